The molecule has 0 spiro atoms. The van der Waals surface area contributed by atoms with Crippen LogP contribution in [0.4, 0.5) is 0 Å². The molecule has 2 fully saturated rings. The minimum Gasteiger partial charge on any atom is -0.496 e. The Labute approximate surface area is 101 Å². The fourth-order valence-corrected chi connectivity index (χ4v) is 3.20. The first kappa shape index (κ1) is 10.6. The van der Waals surface area contributed by atoms with Gasteiger partial charge in [-0.3, -0.25) is 4.79 Å². The van der Waals surface area contributed by atoms with Gasteiger partial charge in [-0.25, -0.2) is 0 Å². The Hall–Kier alpha value is -1.51. The van der Waals surface area contributed by atoms with Crippen LogP contribution in [0.15, 0.2) is 24.3 Å². The minimum atomic E-state index is 0.146. The molecule has 2 aliphatic heterocycles. The van der Waals surface area contributed by atoms with E-state index in [2.05, 4.69) is 4.90 Å². The summed E-state index contributed by atoms with van der Waals surface area (Å²) in [5.41, 5.74) is 0.703. The van der Waals surface area contributed by atoms with Gasteiger partial charge in [-0.2, -0.15) is 0 Å². The maximum absolute atomic E-state index is 12.5. The van der Waals surface area contributed by atoms with Gasteiger partial charge in [-0.15, -0.1) is 0 Å². The van der Waals surface area contributed by atoms with E-state index in [1.165, 1.54) is 25.7 Å². The van der Waals surface area contributed by atoms with E-state index in [1.807, 2.05) is 24.3 Å². The van der Waals surface area contributed by atoms with E-state index < -0.39 is 0 Å². The molecule has 0 aliphatic carbocycles. The standard InChI is InChI=1S/C14H17NO2/c1-17-13-5-3-2-4-12(13)14(16)15-10-6-7-11(15)9-8-10/h2-5,10-11H,6-9H2,1H3. The molecule has 2 saturated heterocycles. The van der Waals surface area contributed by atoms with Crippen LogP contribution in [0.3, 0.4) is 0 Å². The van der Waals surface area contributed by atoms with Gasteiger partial charge in [-0.1, -0.05) is 12.1 Å². The van der Waals surface area contributed by atoms with Gasteiger partial charge in [0.25, 0.3) is 5.91 Å². The number of ether oxygens (including phenoxy) is 1. The summed E-state index contributed by atoms with van der Waals surface area (Å²) in [6.45, 7) is 0. The monoisotopic (exact) mass is 231 g/mol. The molecule has 0 atom stereocenters. The van der Waals surface area contributed by atoms with Gasteiger partial charge in [0, 0.05) is 12.1 Å². The molecule has 0 saturated carbocycles. The highest BCUT2D eigenvalue weighted by atomic mass is 16.5. The van der Waals surface area contributed by atoms with Gasteiger partial charge in [0.1, 0.15) is 5.75 Å². The Morgan fingerprint density at radius 3 is 2.35 bits per heavy atom. The lowest BCUT2D eigenvalue weighted by Crippen LogP contribution is -2.35. The van der Waals surface area contributed by atoms with Crippen molar-refractivity contribution in [1.82, 2.24) is 4.90 Å². The molecule has 1 aromatic carbocycles. The number of hydrogen-bond acceptors (Lipinski definition) is 2. The highest BCUT2D eigenvalue weighted by Crippen LogP contribution is 2.39. The number of hydrogen-bond donors (Lipinski definition) is 0. The zero-order chi connectivity index (χ0) is 11.8. The smallest absolute Gasteiger partial charge is 0.258 e. The van der Waals surface area contributed by atoms with Crippen molar-refractivity contribution in [2.75, 3.05) is 7.11 Å². The van der Waals surface area contributed by atoms with Crippen molar-refractivity contribution in [2.24, 2.45) is 0 Å². The number of amides is 1. The van der Waals surface area contributed by atoms with E-state index in [-0.39, 0.29) is 5.91 Å². The summed E-state index contributed by atoms with van der Waals surface area (Å²) in [7, 11) is 1.62. The largest absolute Gasteiger partial charge is 0.496 e. The SMILES string of the molecule is COc1ccccc1C(=O)N1C2CCC1CC2. The van der Waals surface area contributed by atoms with Crippen LogP contribution in [0.1, 0.15) is 36.0 Å². The molecule has 17 heavy (non-hydrogen) atoms. The van der Waals surface area contributed by atoms with Crippen molar-refractivity contribution >= 4 is 5.91 Å². The fourth-order valence-electron chi connectivity index (χ4n) is 3.20. The summed E-state index contributed by atoms with van der Waals surface area (Å²) >= 11 is 0. The summed E-state index contributed by atoms with van der Waals surface area (Å²) in [5, 5.41) is 0. The molecule has 90 valence electrons. The Kier molecular flexibility index (Phi) is 2.54. The molecular weight excluding hydrogens is 214 g/mol. The van der Waals surface area contributed by atoms with Crippen LogP contribution in [0.5, 0.6) is 5.75 Å². The first-order valence-electron chi connectivity index (χ1n) is 6.27. The first-order valence-corrected chi connectivity index (χ1v) is 6.27. The van der Waals surface area contributed by atoms with Crippen LogP contribution in [0.2, 0.25) is 0 Å². The van der Waals surface area contributed by atoms with Crippen molar-refractivity contribution in [3.63, 3.8) is 0 Å². The van der Waals surface area contributed by atoms with Gasteiger partial charge >= 0.3 is 0 Å². The summed E-state index contributed by atoms with van der Waals surface area (Å²) in [5.74, 6) is 0.830. The van der Waals surface area contributed by atoms with Crippen LogP contribution in [0, 0.1) is 0 Å². The van der Waals surface area contributed by atoms with Crippen LogP contribution in [-0.2, 0) is 0 Å². The van der Waals surface area contributed by atoms with Crippen molar-refractivity contribution in [1.29, 1.82) is 0 Å². The number of benzene rings is 1. The lowest BCUT2D eigenvalue weighted by atomic mass is 10.0. The number of para-hydroxylation sites is 1. The normalized spacial score (nSPS) is 26.3. The maximum Gasteiger partial charge on any atom is 0.258 e. The van der Waals surface area contributed by atoms with E-state index in [0.29, 0.717) is 23.4 Å². The highest BCUT2D eigenvalue weighted by Gasteiger charge is 2.42. The molecule has 1 amide bonds. The van der Waals surface area contributed by atoms with E-state index >= 15 is 0 Å². The molecule has 3 heteroatoms. The van der Waals surface area contributed by atoms with Gasteiger partial charge in [0.05, 0.1) is 12.7 Å². The van der Waals surface area contributed by atoms with Crippen molar-refractivity contribution < 1.29 is 9.53 Å². The third-order valence-electron chi connectivity index (χ3n) is 4.02. The molecule has 2 heterocycles. The van der Waals surface area contributed by atoms with E-state index in [0.717, 1.165) is 0 Å². The molecule has 1 aromatic rings. The second-order valence-corrected chi connectivity index (χ2v) is 4.88. The predicted molar refractivity (Wildman–Crippen MR) is 65.2 cm³/mol. The van der Waals surface area contributed by atoms with Gasteiger partial charge in [-0.05, 0) is 37.8 Å². The van der Waals surface area contributed by atoms with E-state index in [9.17, 15) is 4.79 Å². The second-order valence-electron chi connectivity index (χ2n) is 4.88. The highest BCUT2D eigenvalue weighted by molar-refractivity contribution is 5.97. The van der Waals surface area contributed by atoms with Crippen molar-refractivity contribution in [3.05, 3.63) is 29.8 Å². The average molecular weight is 231 g/mol. The van der Waals surface area contributed by atoms with Crippen molar-refractivity contribution in [2.45, 2.75) is 37.8 Å². The third kappa shape index (κ3) is 1.61. The van der Waals surface area contributed by atoms with Crippen LogP contribution in [-0.4, -0.2) is 30.0 Å². The topological polar surface area (TPSA) is 29.5 Å². The minimum absolute atomic E-state index is 0.146. The molecule has 2 bridgehead atoms. The number of nitrogens with zero attached hydrogens (tertiary/aromatic N) is 1. The molecule has 0 aromatic heterocycles. The van der Waals surface area contributed by atoms with Crippen LogP contribution in [0.25, 0.3) is 0 Å². The molecule has 0 N–H and O–H groups in total. The number of methoxy groups -OCH3 is 1. The Morgan fingerprint density at radius 2 is 1.76 bits per heavy atom. The number of rotatable bonds is 2. The Bertz CT molecular complexity index is 424. The van der Waals surface area contributed by atoms with Gasteiger partial charge < -0.3 is 9.64 Å². The van der Waals surface area contributed by atoms with Crippen LogP contribution >= 0.6 is 0 Å². The van der Waals surface area contributed by atoms with E-state index in [4.69, 9.17) is 4.74 Å². The molecule has 2 aliphatic rings. The van der Waals surface area contributed by atoms with Crippen LogP contribution < -0.4 is 4.74 Å². The lowest BCUT2D eigenvalue weighted by molar-refractivity contribution is 0.0726. The zero-order valence-electron chi connectivity index (χ0n) is 10.1. The first-order chi connectivity index (χ1) is 8.31. The fraction of sp³-hybridized carbons (Fsp3) is 0.500. The molecule has 0 radical (unpaired) electrons. The second kappa shape index (κ2) is 4.06. The Morgan fingerprint density at radius 1 is 1.18 bits per heavy atom. The predicted octanol–water partition coefficient (Wildman–Crippen LogP) is 2.46. The average Bonchev–Trinajstić information content (AvgIpc) is 2.97. The molecule has 3 rings (SSSR count). The molecule has 3 nitrogen and oxygen atoms in total. The summed E-state index contributed by atoms with van der Waals surface area (Å²) in [6, 6.07) is 8.45. The number of carbonyl (C=O) groups is 1. The summed E-state index contributed by atoms with van der Waals surface area (Å²) in [4.78, 5) is 14.6. The maximum atomic E-state index is 12.5. The van der Waals surface area contributed by atoms with E-state index in [1.54, 1.807) is 7.11 Å². The van der Waals surface area contributed by atoms with Crippen molar-refractivity contribution in [3.8, 4) is 5.75 Å². The lowest BCUT2D eigenvalue weighted by Gasteiger charge is -2.23. The zero-order valence-corrected chi connectivity index (χ0v) is 10.1. The van der Waals surface area contributed by atoms with Gasteiger partial charge in [0.15, 0.2) is 0 Å². The third-order valence-corrected chi connectivity index (χ3v) is 4.02. The number of fused-ring (bicyclic) bond motifs is 2. The molecular formula is C14H17NO2. The Balaban J connectivity index is 1.91. The summed E-state index contributed by atoms with van der Waals surface area (Å²) in [6.07, 6.45) is 4.69. The molecule has 0 unspecified atom stereocenters. The summed E-state index contributed by atoms with van der Waals surface area (Å²) < 4.78 is 5.27. The number of carbonyl (C=O) groups excluding carboxylic acids is 1. The van der Waals surface area contributed by atoms with Gasteiger partial charge in [0.2, 0.25) is 0 Å². The quantitative estimate of drug-likeness (QED) is 0.782.